The van der Waals surface area contributed by atoms with Gasteiger partial charge in [0.05, 0.1) is 11.8 Å². The number of fused-ring (bicyclic) bond motifs is 2. The second-order valence-corrected chi connectivity index (χ2v) is 10.7. The fourth-order valence-electron chi connectivity index (χ4n) is 5.16. The maximum absolute atomic E-state index is 12.4. The molecular formula is C20H34N5O3S. The number of likely N-dealkylation sites (tertiary alicyclic amines) is 1. The molecule has 3 aliphatic heterocycles. The van der Waals surface area contributed by atoms with Gasteiger partial charge < -0.3 is 10.6 Å². The van der Waals surface area contributed by atoms with Crippen LogP contribution in [0, 0.1) is 23.7 Å². The van der Waals surface area contributed by atoms with Gasteiger partial charge in [-0.1, -0.05) is 0 Å². The number of rotatable bonds is 10. The monoisotopic (exact) mass is 424 g/mol. The molecule has 3 rings (SSSR count). The molecule has 163 valence electrons. The summed E-state index contributed by atoms with van der Waals surface area (Å²) in [5.41, 5.74) is 5.11. The lowest BCUT2D eigenvalue weighted by Gasteiger charge is -2.42. The third-order valence-corrected chi connectivity index (χ3v) is 8.34. The minimum Gasteiger partial charge on any atom is -0.368 e. The van der Waals surface area contributed by atoms with Crippen molar-refractivity contribution in [3.05, 3.63) is 6.42 Å². The molecule has 3 fully saturated rings. The SMILES string of the molecule is N#CCCN1CCC(CNS(=O)(=O)CCCN2[C@@H]3C[CH]C[C@@]2(C(N)=O)CC3)CC1. The smallest absolute Gasteiger partial charge is 0.237 e. The molecule has 3 aliphatic rings. The van der Waals surface area contributed by atoms with Crippen LogP contribution in [0.1, 0.15) is 51.4 Å². The van der Waals surface area contributed by atoms with Crippen LogP contribution in [0.3, 0.4) is 0 Å². The van der Waals surface area contributed by atoms with Gasteiger partial charge in [0, 0.05) is 32.1 Å². The Morgan fingerprint density at radius 2 is 2.03 bits per heavy atom. The highest BCUT2D eigenvalue weighted by atomic mass is 32.2. The number of carbonyl (C=O) groups excluding carboxylic acids is 1. The Labute approximate surface area is 174 Å². The standard InChI is InChI=1S/C20H34N5O3S/c21-10-2-11-24-13-6-17(7-14-24)16-23-29(27,28)15-3-12-25-18-4-1-8-20(25,9-5-18)19(22)26/h1,17-18,23H,2-9,11-16H2,(H2,22,26)/t18-,20+/m1/s1. The van der Waals surface area contributed by atoms with E-state index in [0.717, 1.165) is 51.7 Å². The number of piperidine rings is 2. The number of nitrogens with zero attached hydrogens (tertiary/aromatic N) is 3. The molecule has 0 aromatic heterocycles. The predicted octanol–water partition coefficient (Wildman–Crippen LogP) is 0.608. The molecule has 3 N–H and O–H groups in total. The van der Waals surface area contributed by atoms with E-state index in [9.17, 15) is 13.2 Å². The van der Waals surface area contributed by atoms with E-state index in [1.165, 1.54) is 0 Å². The summed E-state index contributed by atoms with van der Waals surface area (Å²) in [4.78, 5) is 16.5. The predicted molar refractivity (Wildman–Crippen MR) is 111 cm³/mol. The molecule has 9 heteroatoms. The lowest BCUT2D eigenvalue weighted by atomic mass is 9.87. The van der Waals surface area contributed by atoms with Crippen LogP contribution in [0.4, 0.5) is 0 Å². The van der Waals surface area contributed by atoms with Crippen LogP contribution >= 0.6 is 0 Å². The first-order valence-corrected chi connectivity index (χ1v) is 12.5. The van der Waals surface area contributed by atoms with E-state index in [1.807, 2.05) is 0 Å². The average molecular weight is 425 g/mol. The summed E-state index contributed by atoms with van der Waals surface area (Å²) in [6.45, 7) is 3.74. The highest BCUT2D eigenvalue weighted by Crippen LogP contribution is 2.43. The molecule has 0 aromatic carbocycles. The zero-order valence-electron chi connectivity index (χ0n) is 17.2. The van der Waals surface area contributed by atoms with Crippen molar-refractivity contribution in [1.29, 1.82) is 5.26 Å². The second kappa shape index (κ2) is 9.73. The van der Waals surface area contributed by atoms with Gasteiger partial charge in [0.25, 0.3) is 0 Å². The zero-order valence-corrected chi connectivity index (χ0v) is 18.0. The van der Waals surface area contributed by atoms with E-state index in [2.05, 4.69) is 27.0 Å². The summed E-state index contributed by atoms with van der Waals surface area (Å²) < 4.78 is 27.7. The molecule has 3 saturated heterocycles. The topological polar surface area (TPSA) is 120 Å². The van der Waals surface area contributed by atoms with Gasteiger partial charge in [0.2, 0.25) is 15.9 Å². The van der Waals surface area contributed by atoms with Gasteiger partial charge in [-0.3, -0.25) is 9.69 Å². The van der Waals surface area contributed by atoms with Crippen LogP contribution in [0.15, 0.2) is 0 Å². The normalized spacial score (nSPS) is 29.0. The molecule has 0 saturated carbocycles. The summed E-state index contributed by atoms with van der Waals surface area (Å²) >= 11 is 0. The Morgan fingerprint density at radius 3 is 2.72 bits per heavy atom. The molecule has 0 spiro atoms. The van der Waals surface area contributed by atoms with Gasteiger partial charge in [0.15, 0.2) is 0 Å². The van der Waals surface area contributed by atoms with Crippen molar-refractivity contribution >= 4 is 15.9 Å². The molecular weight excluding hydrogens is 390 g/mol. The molecule has 0 aromatic rings. The fraction of sp³-hybridized carbons (Fsp3) is 0.850. The van der Waals surface area contributed by atoms with E-state index in [-0.39, 0.29) is 11.7 Å². The number of hydrogen-bond donors (Lipinski definition) is 2. The van der Waals surface area contributed by atoms with E-state index in [0.29, 0.717) is 44.3 Å². The number of nitrogens with one attached hydrogen (secondary N) is 1. The molecule has 8 nitrogen and oxygen atoms in total. The number of sulfonamides is 1. The highest BCUT2D eigenvalue weighted by Gasteiger charge is 2.52. The van der Waals surface area contributed by atoms with Crippen molar-refractivity contribution in [1.82, 2.24) is 14.5 Å². The first kappa shape index (κ1) is 22.5. The van der Waals surface area contributed by atoms with Crippen molar-refractivity contribution < 1.29 is 13.2 Å². The van der Waals surface area contributed by atoms with Crippen LogP contribution in [0.25, 0.3) is 0 Å². The molecule has 1 amide bonds. The Hall–Kier alpha value is -1.21. The van der Waals surface area contributed by atoms with Crippen molar-refractivity contribution in [2.24, 2.45) is 11.7 Å². The largest absolute Gasteiger partial charge is 0.368 e. The first-order chi connectivity index (χ1) is 13.9. The van der Waals surface area contributed by atoms with Crippen LogP contribution < -0.4 is 10.5 Å². The third kappa shape index (κ3) is 5.48. The molecule has 0 aliphatic carbocycles. The lowest BCUT2D eigenvalue weighted by molar-refractivity contribution is -0.130. The Balaban J connectivity index is 1.40. The molecule has 29 heavy (non-hydrogen) atoms. The third-order valence-electron chi connectivity index (χ3n) is 6.91. The molecule has 0 unspecified atom stereocenters. The van der Waals surface area contributed by atoms with E-state index < -0.39 is 15.6 Å². The van der Waals surface area contributed by atoms with Crippen LogP contribution in [0.5, 0.6) is 0 Å². The first-order valence-electron chi connectivity index (χ1n) is 10.8. The Bertz CT molecular complexity index is 710. The summed E-state index contributed by atoms with van der Waals surface area (Å²) in [5.74, 6) is 0.156. The lowest BCUT2D eigenvalue weighted by Crippen LogP contribution is -2.58. The molecule has 2 atom stereocenters. The number of primary amides is 1. The molecule has 2 bridgehead atoms. The van der Waals surface area contributed by atoms with E-state index >= 15 is 0 Å². The zero-order chi connectivity index (χ0) is 20.9. The number of carbonyl (C=O) groups is 1. The highest BCUT2D eigenvalue weighted by molar-refractivity contribution is 7.89. The van der Waals surface area contributed by atoms with Crippen molar-refractivity contribution in [2.45, 2.75) is 62.9 Å². The molecule has 1 radical (unpaired) electrons. The Morgan fingerprint density at radius 1 is 1.28 bits per heavy atom. The maximum atomic E-state index is 12.4. The minimum atomic E-state index is -3.32. The summed E-state index contributed by atoms with van der Waals surface area (Å²) in [7, 11) is -3.32. The maximum Gasteiger partial charge on any atom is 0.237 e. The molecule has 3 heterocycles. The van der Waals surface area contributed by atoms with Gasteiger partial charge in [-0.05, 0) is 70.4 Å². The van der Waals surface area contributed by atoms with Gasteiger partial charge in [-0.15, -0.1) is 0 Å². The van der Waals surface area contributed by atoms with Crippen LogP contribution in [-0.2, 0) is 14.8 Å². The Kier molecular flexibility index (Phi) is 7.54. The summed E-state index contributed by atoms with van der Waals surface area (Å²) in [6, 6.07) is 2.49. The second-order valence-electron chi connectivity index (χ2n) is 8.72. The fourth-order valence-corrected chi connectivity index (χ4v) is 6.30. The number of hydrogen-bond acceptors (Lipinski definition) is 6. The summed E-state index contributed by atoms with van der Waals surface area (Å²) in [5, 5.41) is 8.67. The summed E-state index contributed by atoms with van der Waals surface area (Å²) in [6.07, 6.45) is 8.49. The van der Waals surface area contributed by atoms with Crippen LogP contribution in [0.2, 0.25) is 0 Å². The van der Waals surface area contributed by atoms with Gasteiger partial charge in [-0.2, -0.15) is 5.26 Å². The minimum absolute atomic E-state index is 0.0792. The van der Waals surface area contributed by atoms with Gasteiger partial charge in [-0.25, -0.2) is 13.1 Å². The van der Waals surface area contributed by atoms with Gasteiger partial charge >= 0.3 is 0 Å². The quantitative estimate of drug-likeness (QED) is 0.530. The van der Waals surface area contributed by atoms with Gasteiger partial charge in [0.1, 0.15) is 5.54 Å². The number of nitriles is 1. The average Bonchev–Trinajstić information content (AvgIpc) is 2.90. The van der Waals surface area contributed by atoms with Crippen molar-refractivity contribution in [2.75, 3.05) is 38.5 Å². The van der Waals surface area contributed by atoms with E-state index in [1.54, 1.807) is 0 Å². The van der Waals surface area contributed by atoms with Crippen molar-refractivity contribution in [3.63, 3.8) is 0 Å². The van der Waals surface area contributed by atoms with E-state index in [4.69, 9.17) is 11.0 Å². The van der Waals surface area contributed by atoms with Crippen molar-refractivity contribution in [3.8, 4) is 6.07 Å². The number of nitrogens with two attached hydrogens (primary N) is 1. The van der Waals surface area contributed by atoms with Crippen LogP contribution in [-0.4, -0.2) is 74.2 Å². The number of amides is 1.